The highest BCUT2D eigenvalue weighted by Crippen LogP contribution is 2.22. The number of halogens is 1. The van der Waals surface area contributed by atoms with E-state index in [-0.39, 0.29) is 6.04 Å². The summed E-state index contributed by atoms with van der Waals surface area (Å²) in [6, 6.07) is 7.12. The summed E-state index contributed by atoms with van der Waals surface area (Å²) in [5, 5.41) is 0.605. The minimum absolute atomic E-state index is 0.129. The van der Waals surface area contributed by atoms with Gasteiger partial charge in [-0.05, 0) is 31.7 Å². The van der Waals surface area contributed by atoms with Crippen LogP contribution in [0.3, 0.4) is 0 Å². The van der Waals surface area contributed by atoms with Crippen molar-refractivity contribution in [1.82, 2.24) is 14.5 Å². The van der Waals surface area contributed by atoms with Crippen molar-refractivity contribution in [3.63, 3.8) is 0 Å². The van der Waals surface area contributed by atoms with Gasteiger partial charge in [0.05, 0.1) is 17.6 Å². The van der Waals surface area contributed by atoms with Crippen LogP contribution in [0, 0.1) is 0 Å². The summed E-state index contributed by atoms with van der Waals surface area (Å²) in [5.74, 6) is 0.882. The zero-order valence-corrected chi connectivity index (χ0v) is 14.7. The Hall–Kier alpha value is -1.37. The van der Waals surface area contributed by atoms with E-state index >= 15 is 0 Å². The lowest BCUT2D eigenvalue weighted by atomic mass is 10.1. The molecular formula is C15H20ClN3O2S. The van der Waals surface area contributed by atoms with Crippen LogP contribution in [0.2, 0.25) is 5.15 Å². The van der Waals surface area contributed by atoms with E-state index < -0.39 is 9.84 Å². The van der Waals surface area contributed by atoms with Crippen LogP contribution in [-0.2, 0) is 23.4 Å². The summed E-state index contributed by atoms with van der Waals surface area (Å²) in [4.78, 5) is 6.76. The van der Waals surface area contributed by atoms with Crippen LogP contribution < -0.4 is 0 Å². The maximum atomic E-state index is 11.5. The molecule has 0 amide bonds. The first-order valence-corrected chi connectivity index (χ1v) is 9.13. The van der Waals surface area contributed by atoms with E-state index in [9.17, 15) is 8.42 Å². The molecule has 5 nitrogen and oxygen atoms in total. The Morgan fingerprint density at radius 2 is 1.91 bits per heavy atom. The molecule has 1 atom stereocenters. The quantitative estimate of drug-likeness (QED) is 0.839. The third-order valence-corrected chi connectivity index (χ3v) is 5.35. The second-order valence-corrected chi connectivity index (χ2v) is 7.89. The Morgan fingerprint density at radius 3 is 2.36 bits per heavy atom. The topological polar surface area (TPSA) is 55.2 Å². The van der Waals surface area contributed by atoms with Gasteiger partial charge in [0.1, 0.15) is 11.0 Å². The van der Waals surface area contributed by atoms with Crippen LogP contribution in [0.4, 0.5) is 0 Å². The molecule has 1 unspecified atom stereocenters. The lowest BCUT2D eigenvalue weighted by Crippen LogP contribution is -2.23. The molecule has 1 aromatic carbocycles. The monoisotopic (exact) mass is 341 g/mol. The fourth-order valence-corrected chi connectivity index (χ4v) is 2.96. The van der Waals surface area contributed by atoms with Crippen molar-refractivity contribution >= 4 is 21.4 Å². The van der Waals surface area contributed by atoms with Crippen molar-refractivity contribution in [1.29, 1.82) is 0 Å². The van der Waals surface area contributed by atoms with Crippen LogP contribution in [-0.4, -0.2) is 36.2 Å². The summed E-state index contributed by atoms with van der Waals surface area (Å²) in [7, 11) is 0.718. The van der Waals surface area contributed by atoms with Gasteiger partial charge in [-0.1, -0.05) is 23.7 Å². The molecule has 0 N–H and O–H groups in total. The molecule has 22 heavy (non-hydrogen) atoms. The van der Waals surface area contributed by atoms with Crippen molar-refractivity contribution in [2.45, 2.75) is 24.4 Å². The number of sulfone groups is 1. The van der Waals surface area contributed by atoms with E-state index in [1.54, 1.807) is 18.3 Å². The van der Waals surface area contributed by atoms with Gasteiger partial charge in [0.2, 0.25) is 0 Å². The van der Waals surface area contributed by atoms with E-state index in [0.29, 0.717) is 16.6 Å². The molecule has 0 bridgehead atoms. The molecule has 7 heteroatoms. The number of nitrogens with zero attached hydrogens (tertiary/aromatic N) is 3. The Morgan fingerprint density at radius 1 is 1.32 bits per heavy atom. The average molecular weight is 342 g/mol. The molecular weight excluding hydrogens is 322 g/mol. The second kappa shape index (κ2) is 6.40. The van der Waals surface area contributed by atoms with Gasteiger partial charge in [-0.25, -0.2) is 13.4 Å². The molecule has 0 aliphatic rings. The maximum absolute atomic E-state index is 11.5. The van der Waals surface area contributed by atoms with Gasteiger partial charge in [-0.3, -0.25) is 4.90 Å². The molecule has 0 saturated heterocycles. The van der Waals surface area contributed by atoms with Crippen LogP contribution in [0.25, 0.3) is 0 Å². The van der Waals surface area contributed by atoms with Gasteiger partial charge in [0.15, 0.2) is 9.84 Å². The van der Waals surface area contributed by atoms with E-state index in [2.05, 4.69) is 16.8 Å². The lowest BCUT2D eigenvalue weighted by molar-refractivity contribution is 0.244. The third-order valence-electron chi connectivity index (χ3n) is 3.87. The van der Waals surface area contributed by atoms with Crippen LogP contribution in [0.5, 0.6) is 0 Å². The largest absolute Gasteiger partial charge is 0.321 e. The highest BCUT2D eigenvalue weighted by molar-refractivity contribution is 7.90. The summed E-state index contributed by atoms with van der Waals surface area (Å²) in [6.07, 6.45) is 2.85. The highest BCUT2D eigenvalue weighted by Gasteiger charge is 2.16. The molecule has 0 fully saturated rings. The zero-order valence-electron chi connectivity index (χ0n) is 13.1. The smallest absolute Gasteiger partial charge is 0.175 e. The average Bonchev–Trinajstić information content (AvgIpc) is 2.77. The van der Waals surface area contributed by atoms with E-state index in [1.165, 1.54) is 6.26 Å². The van der Waals surface area contributed by atoms with Crippen molar-refractivity contribution in [3.05, 3.63) is 47.0 Å². The summed E-state index contributed by atoms with van der Waals surface area (Å²) >= 11 is 5.99. The maximum Gasteiger partial charge on any atom is 0.175 e. The molecule has 0 aliphatic heterocycles. The predicted octanol–water partition coefficient (Wildman–Crippen LogP) is 2.67. The number of aromatic nitrogens is 2. The van der Waals surface area contributed by atoms with Gasteiger partial charge >= 0.3 is 0 Å². The number of hydrogen-bond acceptors (Lipinski definition) is 4. The number of hydrogen-bond donors (Lipinski definition) is 0. The summed E-state index contributed by atoms with van der Waals surface area (Å²) in [6.45, 7) is 2.72. The van der Waals surface area contributed by atoms with Crippen LogP contribution in [0.1, 0.15) is 24.4 Å². The highest BCUT2D eigenvalue weighted by atomic mass is 35.5. The first-order valence-electron chi connectivity index (χ1n) is 6.86. The predicted molar refractivity (Wildman–Crippen MR) is 87.7 cm³/mol. The van der Waals surface area contributed by atoms with E-state index in [0.717, 1.165) is 11.4 Å². The van der Waals surface area contributed by atoms with Gasteiger partial charge in [0.25, 0.3) is 0 Å². The van der Waals surface area contributed by atoms with Crippen molar-refractivity contribution in [2.75, 3.05) is 13.3 Å². The number of rotatable bonds is 5. The van der Waals surface area contributed by atoms with Crippen LogP contribution in [0.15, 0.2) is 35.4 Å². The Kier molecular flexibility index (Phi) is 4.94. The van der Waals surface area contributed by atoms with E-state index in [4.69, 9.17) is 11.6 Å². The molecule has 1 aromatic heterocycles. The number of benzene rings is 1. The van der Waals surface area contributed by atoms with Crippen LogP contribution >= 0.6 is 11.6 Å². The molecule has 120 valence electrons. The lowest BCUT2D eigenvalue weighted by Gasteiger charge is -2.25. The molecule has 0 saturated carbocycles. The van der Waals surface area contributed by atoms with Crippen molar-refractivity contribution in [2.24, 2.45) is 7.05 Å². The summed E-state index contributed by atoms with van der Waals surface area (Å²) in [5.41, 5.74) is 1.05. The first-order chi connectivity index (χ1) is 10.2. The van der Waals surface area contributed by atoms with Gasteiger partial charge in [0, 0.05) is 19.3 Å². The first kappa shape index (κ1) is 17.0. The molecule has 1 heterocycles. The third kappa shape index (κ3) is 3.69. The molecule has 0 aliphatic carbocycles. The van der Waals surface area contributed by atoms with Crippen molar-refractivity contribution in [3.8, 4) is 0 Å². The van der Waals surface area contributed by atoms with Gasteiger partial charge in [-0.2, -0.15) is 0 Å². The minimum atomic E-state index is -3.16. The number of imidazole rings is 1. The van der Waals surface area contributed by atoms with Gasteiger partial charge in [-0.15, -0.1) is 0 Å². The SMILES string of the molecule is CC(c1ccc(S(C)(=O)=O)cc1)N(C)Cc1ncc(Cl)n1C. The Bertz CT molecular complexity index is 754. The fraction of sp³-hybridized carbons (Fsp3) is 0.400. The second-order valence-electron chi connectivity index (χ2n) is 5.49. The zero-order chi connectivity index (χ0) is 16.5. The molecule has 0 spiro atoms. The minimum Gasteiger partial charge on any atom is -0.321 e. The fourth-order valence-electron chi connectivity index (χ4n) is 2.18. The standard InChI is InChI=1S/C15H20ClN3O2S/c1-11(12-5-7-13(8-6-12)22(4,20)21)18(2)10-15-17-9-14(16)19(15)3/h5-9,11H,10H2,1-4H3. The molecule has 2 rings (SSSR count). The Labute approximate surface area is 136 Å². The molecule has 0 radical (unpaired) electrons. The normalized spacial score (nSPS) is 13.5. The van der Waals surface area contributed by atoms with Gasteiger partial charge < -0.3 is 4.57 Å². The van der Waals surface area contributed by atoms with Crippen molar-refractivity contribution < 1.29 is 8.42 Å². The van der Waals surface area contributed by atoms with E-state index in [1.807, 2.05) is 30.8 Å². The summed E-state index contributed by atoms with van der Waals surface area (Å²) < 4.78 is 24.8. The molecule has 2 aromatic rings. The Balaban J connectivity index is 2.13.